The van der Waals surface area contributed by atoms with Gasteiger partial charge >= 0.3 is 16.1 Å². The van der Waals surface area contributed by atoms with Crippen LogP contribution in [0.5, 0.6) is 5.75 Å². The van der Waals surface area contributed by atoms with Crippen molar-refractivity contribution in [2.45, 2.75) is 18.1 Å². The Hall–Kier alpha value is -1.56. The molecule has 2 rings (SSSR count). The Morgan fingerprint density at radius 1 is 1.29 bits per heavy atom. The summed E-state index contributed by atoms with van der Waals surface area (Å²) in [5.74, 6) is -0.599. The Morgan fingerprint density at radius 2 is 1.94 bits per heavy atom. The normalized spacial score (nSPS) is 15.4. The molecular weight excluding hydrogens is 244 g/mol. The molecule has 0 aliphatic heterocycles. The number of hydrogen-bond donors (Lipinski definition) is 0. The van der Waals surface area contributed by atoms with Crippen molar-refractivity contribution in [3.8, 4) is 5.75 Å². The van der Waals surface area contributed by atoms with Gasteiger partial charge in [0.15, 0.2) is 5.75 Å². The summed E-state index contributed by atoms with van der Waals surface area (Å²) in [6.45, 7) is 0. The molecule has 1 fully saturated rings. The molecule has 1 aromatic carbocycles. The zero-order valence-electron chi connectivity index (χ0n) is 9.25. The summed E-state index contributed by atoms with van der Waals surface area (Å²) in [5.41, 5.74) is 0.110. The lowest BCUT2D eigenvalue weighted by atomic mass is 10.2. The smallest absolute Gasteiger partial charge is 0.341 e. The van der Waals surface area contributed by atoms with Gasteiger partial charge in [0.1, 0.15) is 5.56 Å². The zero-order chi connectivity index (χ0) is 12.5. The van der Waals surface area contributed by atoms with E-state index in [-0.39, 0.29) is 11.3 Å². The van der Waals surface area contributed by atoms with Gasteiger partial charge in [0.25, 0.3) is 0 Å². The number of benzene rings is 1. The van der Waals surface area contributed by atoms with Crippen LogP contribution < -0.4 is 4.18 Å². The fourth-order valence-electron chi connectivity index (χ4n) is 1.37. The molecule has 0 amide bonds. The molecular formula is C11H12O5S. The maximum absolute atomic E-state index is 11.7. The summed E-state index contributed by atoms with van der Waals surface area (Å²) in [6, 6.07) is 6.11. The molecule has 0 saturated heterocycles. The summed E-state index contributed by atoms with van der Waals surface area (Å²) >= 11 is 0. The second kappa shape index (κ2) is 4.37. The third kappa shape index (κ3) is 2.58. The highest BCUT2D eigenvalue weighted by molar-refractivity contribution is 7.88. The van der Waals surface area contributed by atoms with Crippen LogP contribution in [0.4, 0.5) is 0 Å². The van der Waals surface area contributed by atoms with Gasteiger partial charge in [-0.05, 0) is 25.0 Å². The van der Waals surface area contributed by atoms with Crippen molar-refractivity contribution < 1.29 is 22.1 Å². The van der Waals surface area contributed by atoms with Gasteiger partial charge in [0.05, 0.1) is 12.4 Å². The first-order chi connectivity index (χ1) is 8.04. The summed E-state index contributed by atoms with van der Waals surface area (Å²) in [6.07, 6.45) is 1.23. The van der Waals surface area contributed by atoms with Gasteiger partial charge in [0.2, 0.25) is 0 Å². The first-order valence-electron chi connectivity index (χ1n) is 5.15. The monoisotopic (exact) mass is 256 g/mol. The largest absolute Gasteiger partial charge is 0.465 e. The van der Waals surface area contributed by atoms with Gasteiger partial charge in [-0.25, -0.2) is 4.79 Å². The third-order valence-electron chi connectivity index (χ3n) is 2.43. The van der Waals surface area contributed by atoms with Crippen molar-refractivity contribution in [1.29, 1.82) is 0 Å². The second-order valence-electron chi connectivity index (χ2n) is 3.76. The number of carbonyl (C=O) groups is 1. The average molecular weight is 256 g/mol. The predicted octanol–water partition coefficient (Wildman–Crippen LogP) is 1.34. The zero-order valence-corrected chi connectivity index (χ0v) is 10.1. The molecule has 1 aliphatic rings. The SMILES string of the molecule is COC(=O)c1ccccc1OS(=O)(=O)C1CC1. The number of hydrogen-bond acceptors (Lipinski definition) is 5. The highest BCUT2D eigenvalue weighted by Crippen LogP contribution is 2.31. The minimum Gasteiger partial charge on any atom is -0.465 e. The van der Waals surface area contributed by atoms with Crippen LogP contribution in [0.25, 0.3) is 0 Å². The summed E-state index contributed by atoms with van der Waals surface area (Å²) < 4.78 is 32.8. The molecule has 17 heavy (non-hydrogen) atoms. The lowest BCUT2D eigenvalue weighted by molar-refractivity contribution is 0.0599. The summed E-state index contributed by atoms with van der Waals surface area (Å²) in [4.78, 5) is 11.4. The molecule has 1 aromatic rings. The van der Waals surface area contributed by atoms with Crippen molar-refractivity contribution in [3.05, 3.63) is 29.8 Å². The Bertz CT molecular complexity index is 531. The van der Waals surface area contributed by atoms with Crippen LogP contribution in [0.15, 0.2) is 24.3 Å². The molecule has 0 bridgehead atoms. The molecule has 0 N–H and O–H groups in total. The van der Waals surface area contributed by atoms with E-state index in [0.29, 0.717) is 12.8 Å². The van der Waals surface area contributed by atoms with Crippen molar-refractivity contribution in [1.82, 2.24) is 0 Å². The topological polar surface area (TPSA) is 69.7 Å². The lowest BCUT2D eigenvalue weighted by Gasteiger charge is -2.09. The fraction of sp³-hybridized carbons (Fsp3) is 0.364. The van der Waals surface area contributed by atoms with E-state index in [4.69, 9.17) is 4.18 Å². The Kier molecular flexibility index (Phi) is 3.06. The van der Waals surface area contributed by atoms with Crippen molar-refractivity contribution in [3.63, 3.8) is 0 Å². The van der Waals surface area contributed by atoms with Crippen LogP contribution in [0.1, 0.15) is 23.2 Å². The third-order valence-corrected chi connectivity index (χ3v) is 4.13. The number of rotatable bonds is 4. The Balaban J connectivity index is 2.29. The first-order valence-corrected chi connectivity index (χ1v) is 6.62. The van der Waals surface area contributed by atoms with Crippen LogP contribution in [-0.4, -0.2) is 26.7 Å². The number of carbonyl (C=O) groups excluding carboxylic acids is 1. The minimum atomic E-state index is -3.61. The highest BCUT2D eigenvalue weighted by Gasteiger charge is 2.38. The molecule has 0 unspecified atom stereocenters. The summed E-state index contributed by atoms with van der Waals surface area (Å²) in [5, 5.41) is -0.437. The number of ether oxygens (including phenoxy) is 1. The van der Waals surface area contributed by atoms with E-state index in [1.54, 1.807) is 12.1 Å². The molecule has 6 heteroatoms. The number of methoxy groups -OCH3 is 1. The van der Waals surface area contributed by atoms with Gasteiger partial charge in [-0.3, -0.25) is 0 Å². The number of para-hydroxylation sites is 1. The maximum atomic E-state index is 11.7. The van der Waals surface area contributed by atoms with E-state index in [1.165, 1.54) is 19.2 Å². The Labute approximate surface area is 99.5 Å². The second-order valence-corrected chi connectivity index (χ2v) is 5.58. The molecule has 92 valence electrons. The minimum absolute atomic E-state index is 0.0197. The number of esters is 1. The van der Waals surface area contributed by atoms with Crippen molar-refractivity contribution in [2.24, 2.45) is 0 Å². The van der Waals surface area contributed by atoms with E-state index in [0.717, 1.165) is 0 Å². The lowest BCUT2D eigenvalue weighted by Crippen LogP contribution is -2.16. The first kappa shape index (κ1) is 11.9. The maximum Gasteiger partial charge on any atom is 0.341 e. The van der Waals surface area contributed by atoms with E-state index < -0.39 is 21.3 Å². The van der Waals surface area contributed by atoms with Crippen LogP contribution in [0, 0.1) is 0 Å². The molecule has 0 radical (unpaired) electrons. The molecule has 0 aromatic heterocycles. The Morgan fingerprint density at radius 3 is 2.53 bits per heavy atom. The van der Waals surface area contributed by atoms with Crippen LogP contribution >= 0.6 is 0 Å². The summed E-state index contributed by atoms with van der Waals surface area (Å²) in [7, 11) is -2.38. The van der Waals surface area contributed by atoms with Gasteiger partial charge in [-0.2, -0.15) is 8.42 Å². The molecule has 1 aliphatic carbocycles. The standard InChI is InChI=1S/C11H12O5S/c1-15-11(12)9-4-2-3-5-10(9)16-17(13,14)8-6-7-8/h2-5,8H,6-7H2,1H3. The van der Waals surface area contributed by atoms with Gasteiger partial charge in [-0.15, -0.1) is 0 Å². The molecule has 0 atom stereocenters. The highest BCUT2D eigenvalue weighted by atomic mass is 32.2. The molecule has 0 spiro atoms. The predicted molar refractivity (Wildman–Crippen MR) is 60.4 cm³/mol. The van der Waals surface area contributed by atoms with Gasteiger partial charge in [0, 0.05) is 0 Å². The van der Waals surface area contributed by atoms with Crippen molar-refractivity contribution >= 4 is 16.1 Å². The van der Waals surface area contributed by atoms with Crippen LogP contribution in [-0.2, 0) is 14.9 Å². The fourth-order valence-corrected chi connectivity index (χ4v) is 2.61. The molecule has 5 nitrogen and oxygen atoms in total. The van der Waals surface area contributed by atoms with Crippen molar-refractivity contribution in [2.75, 3.05) is 7.11 Å². The van der Waals surface area contributed by atoms with E-state index >= 15 is 0 Å². The quantitative estimate of drug-likeness (QED) is 0.600. The van der Waals surface area contributed by atoms with Crippen LogP contribution in [0.3, 0.4) is 0 Å². The van der Waals surface area contributed by atoms with E-state index in [9.17, 15) is 13.2 Å². The van der Waals surface area contributed by atoms with Crippen LogP contribution in [0.2, 0.25) is 0 Å². The van der Waals surface area contributed by atoms with E-state index in [1.807, 2.05) is 0 Å². The van der Waals surface area contributed by atoms with Gasteiger partial charge in [-0.1, -0.05) is 12.1 Å². The molecule has 1 saturated carbocycles. The van der Waals surface area contributed by atoms with Gasteiger partial charge < -0.3 is 8.92 Å². The molecule has 0 heterocycles. The van der Waals surface area contributed by atoms with E-state index in [2.05, 4.69) is 4.74 Å². The average Bonchev–Trinajstić information content (AvgIpc) is 3.12.